The van der Waals surface area contributed by atoms with E-state index in [1.165, 1.54) is 12.8 Å². The standard InChI is InChI=1S/C16H34N2O2/c1-6-16(7-2,11-17-13(3)4)12-18-8-14(5)20-15(9-18)10-19/h13-15,17,19H,6-12H2,1-5H3. The molecule has 2 unspecified atom stereocenters. The van der Waals surface area contributed by atoms with E-state index in [-0.39, 0.29) is 18.8 Å². The summed E-state index contributed by atoms with van der Waals surface area (Å²) in [5, 5.41) is 13.0. The second-order valence-electron chi connectivity index (χ2n) is 6.69. The van der Waals surface area contributed by atoms with Crippen LogP contribution in [0.3, 0.4) is 0 Å². The highest BCUT2D eigenvalue weighted by atomic mass is 16.5. The first kappa shape index (κ1) is 17.9. The van der Waals surface area contributed by atoms with Gasteiger partial charge in [-0.1, -0.05) is 27.7 Å². The van der Waals surface area contributed by atoms with Gasteiger partial charge < -0.3 is 15.2 Å². The number of hydrogen-bond donors (Lipinski definition) is 2. The number of hydrogen-bond acceptors (Lipinski definition) is 4. The van der Waals surface area contributed by atoms with Crippen LogP contribution in [0.2, 0.25) is 0 Å². The summed E-state index contributed by atoms with van der Waals surface area (Å²) in [4.78, 5) is 2.48. The van der Waals surface area contributed by atoms with Crippen LogP contribution in [0.5, 0.6) is 0 Å². The Labute approximate surface area is 124 Å². The minimum Gasteiger partial charge on any atom is -0.394 e. The Hall–Kier alpha value is -0.160. The van der Waals surface area contributed by atoms with E-state index in [0.717, 1.165) is 26.2 Å². The highest BCUT2D eigenvalue weighted by Crippen LogP contribution is 2.28. The van der Waals surface area contributed by atoms with Gasteiger partial charge >= 0.3 is 0 Å². The van der Waals surface area contributed by atoms with Gasteiger partial charge in [0.25, 0.3) is 0 Å². The van der Waals surface area contributed by atoms with E-state index in [9.17, 15) is 5.11 Å². The summed E-state index contributed by atoms with van der Waals surface area (Å²) in [6, 6.07) is 0.529. The molecule has 20 heavy (non-hydrogen) atoms. The van der Waals surface area contributed by atoms with Crippen molar-refractivity contribution in [3.8, 4) is 0 Å². The molecule has 1 saturated heterocycles. The second kappa shape index (κ2) is 8.32. The fraction of sp³-hybridized carbons (Fsp3) is 1.00. The molecule has 0 amide bonds. The van der Waals surface area contributed by atoms with Gasteiger partial charge in [0, 0.05) is 32.2 Å². The lowest BCUT2D eigenvalue weighted by Gasteiger charge is -2.43. The quantitative estimate of drug-likeness (QED) is 0.715. The number of nitrogens with one attached hydrogen (secondary N) is 1. The Kier molecular flexibility index (Phi) is 7.45. The van der Waals surface area contributed by atoms with Gasteiger partial charge in [-0.15, -0.1) is 0 Å². The SMILES string of the molecule is CCC(CC)(CNC(C)C)CN1CC(C)OC(CO)C1. The van der Waals surface area contributed by atoms with Crippen molar-refractivity contribution in [1.29, 1.82) is 0 Å². The third-order valence-electron chi connectivity index (χ3n) is 4.55. The predicted molar refractivity (Wildman–Crippen MR) is 84.0 cm³/mol. The Balaban J connectivity index is 2.63. The van der Waals surface area contributed by atoms with Crippen molar-refractivity contribution in [3.05, 3.63) is 0 Å². The Morgan fingerprint density at radius 2 is 1.95 bits per heavy atom. The van der Waals surface area contributed by atoms with Crippen LogP contribution < -0.4 is 5.32 Å². The normalized spacial score (nSPS) is 25.4. The Bertz CT molecular complexity index is 267. The van der Waals surface area contributed by atoms with E-state index in [4.69, 9.17) is 4.74 Å². The van der Waals surface area contributed by atoms with Crippen molar-refractivity contribution >= 4 is 0 Å². The predicted octanol–water partition coefficient (Wildman–Crippen LogP) is 1.87. The molecule has 1 fully saturated rings. The number of rotatable bonds is 8. The molecule has 0 aliphatic carbocycles. The lowest BCUT2D eigenvalue weighted by atomic mass is 9.81. The smallest absolute Gasteiger partial charge is 0.0936 e. The third kappa shape index (κ3) is 5.32. The van der Waals surface area contributed by atoms with E-state index in [1.807, 2.05) is 0 Å². The van der Waals surface area contributed by atoms with Crippen LogP contribution in [0.15, 0.2) is 0 Å². The molecule has 1 rings (SSSR count). The van der Waals surface area contributed by atoms with E-state index in [1.54, 1.807) is 0 Å². The number of nitrogens with zero attached hydrogens (tertiary/aromatic N) is 1. The van der Waals surface area contributed by atoms with Crippen molar-refractivity contribution in [3.63, 3.8) is 0 Å². The molecule has 4 nitrogen and oxygen atoms in total. The van der Waals surface area contributed by atoms with E-state index < -0.39 is 0 Å². The highest BCUT2D eigenvalue weighted by Gasteiger charge is 2.33. The lowest BCUT2D eigenvalue weighted by molar-refractivity contribution is -0.103. The first-order valence-electron chi connectivity index (χ1n) is 8.16. The molecule has 4 heteroatoms. The molecule has 120 valence electrons. The van der Waals surface area contributed by atoms with E-state index >= 15 is 0 Å². The average Bonchev–Trinajstić information content (AvgIpc) is 2.42. The maximum atomic E-state index is 9.35. The first-order chi connectivity index (χ1) is 9.44. The van der Waals surface area contributed by atoms with Crippen LogP contribution in [0.4, 0.5) is 0 Å². The molecule has 1 aliphatic heterocycles. The van der Waals surface area contributed by atoms with Gasteiger partial charge in [-0.05, 0) is 25.2 Å². The second-order valence-corrected chi connectivity index (χ2v) is 6.69. The molecular weight excluding hydrogens is 252 g/mol. The molecule has 0 bridgehead atoms. The minimum atomic E-state index is -0.0248. The van der Waals surface area contributed by atoms with E-state index in [0.29, 0.717) is 11.5 Å². The summed E-state index contributed by atoms with van der Waals surface area (Å²) >= 11 is 0. The van der Waals surface area contributed by atoms with E-state index in [2.05, 4.69) is 44.8 Å². The Morgan fingerprint density at radius 3 is 2.45 bits per heavy atom. The zero-order valence-corrected chi connectivity index (χ0v) is 14.0. The van der Waals surface area contributed by atoms with Crippen molar-refractivity contribution in [2.75, 3.05) is 32.8 Å². The summed E-state index contributed by atoms with van der Waals surface area (Å²) in [5.41, 5.74) is 0.321. The summed E-state index contributed by atoms with van der Waals surface area (Å²) in [6.45, 7) is 15.2. The zero-order valence-electron chi connectivity index (χ0n) is 14.0. The largest absolute Gasteiger partial charge is 0.394 e. The first-order valence-corrected chi connectivity index (χ1v) is 8.16. The Morgan fingerprint density at radius 1 is 1.30 bits per heavy atom. The maximum absolute atomic E-state index is 9.35. The van der Waals surface area contributed by atoms with Crippen molar-refractivity contribution < 1.29 is 9.84 Å². The zero-order chi connectivity index (χ0) is 15.2. The molecule has 2 N–H and O–H groups in total. The monoisotopic (exact) mass is 286 g/mol. The lowest BCUT2D eigenvalue weighted by Crippen LogP contribution is -2.53. The van der Waals surface area contributed by atoms with Crippen LogP contribution >= 0.6 is 0 Å². The van der Waals surface area contributed by atoms with Gasteiger partial charge in [-0.2, -0.15) is 0 Å². The van der Waals surface area contributed by atoms with Gasteiger partial charge in [-0.3, -0.25) is 4.90 Å². The van der Waals surface area contributed by atoms with Crippen LogP contribution in [0, 0.1) is 5.41 Å². The molecular formula is C16H34N2O2. The molecule has 0 aromatic heterocycles. The van der Waals surface area contributed by atoms with Crippen LogP contribution in [0.1, 0.15) is 47.5 Å². The molecule has 0 aromatic rings. The minimum absolute atomic E-state index is 0.0248. The summed E-state index contributed by atoms with van der Waals surface area (Å²) in [5.74, 6) is 0. The van der Waals surface area contributed by atoms with Crippen LogP contribution in [-0.4, -0.2) is 61.0 Å². The molecule has 0 radical (unpaired) electrons. The van der Waals surface area contributed by atoms with Crippen molar-refractivity contribution in [1.82, 2.24) is 10.2 Å². The van der Waals surface area contributed by atoms with Gasteiger partial charge in [0.2, 0.25) is 0 Å². The summed E-state index contributed by atoms with van der Waals surface area (Å²) in [7, 11) is 0. The van der Waals surface area contributed by atoms with Gasteiger partial charge in [0.1, 0.15) is 0 Å². The third-order valence-corrected chi connectivity index (χ3v) is 4.55. The van der Waals surface area contributed by atoms with Gasteiger partial charge in [-0.25, -0.2) is 0 Å². The fourth-order valence-electron chi connectivity index (χ4n) is 3.05. The molecule has 2 atom stereocenters. The summed E-state index contributed by atoms with van der Waals surface area (Å²) in [6.07, 6.45) is 2.55. The average molecular weight is 286 g/mol. The molecule has 0 saturated carbocycles. The van der Waals surface area contributed by atoms with Crippen molar-refractivity contribution in [2.45, 2.75) is 65.7 Å². The topological polar surface area (TPSA) is 44.7 Å². The molecule has 0 spiro atoms. The van der Waals surface area contributed by atoms with Gasteiger partial charge in [0.05, 0.1) is 18.8 Å². The fourth-order valence-corrected chi connectivity index (χ4v) is 3.05. The number of aliphatic hydroxyl groups excluding tert-OH is 1. The molecule has 1 aliphatic rings. The number of aliphatic hydroxyl groups is 1. The number of ether oxygens (including phenoxy) is 1. The molecule has 0 aromatic carbocycles. The van der Waals surface area contributed by atoms with Crippen molar-refractivity contribution in [2.24, 2.45) is 5.41 Å². The van der Waals surface area contributed by atoms with Crippen LogP contribution in [0.25, 0.3) is 0 Å². The van der Waals surface area contributed by atoms with Crippen LogP contribution in [-0.2, 0) is 4.74 Å². The molecule has 1 heterocycles. The maximum Gasteiger partial charge on any atom is 0.0936 e. The highest BCUT2D eigenvalue weighted by molar-refractivity contribution is 4.86. The van der Waals surface area contributed by atoms with Gasteiger partial charge in [0.15, 0.2) is 0 Å². The summed E-state index contributed by atoms with van der Waals surface area (Å²) < 4.78 is 5.74. The number of morpholine rings is 1.